The van der Waals surface area contributed by atoms with Crippen LogP contribution in [0.1, 0.15) is 9.68 Å². The Bertz CT molecular complexity index is 2360. The highest BCUT2D eigenvalue weighted by atomic mass is 16.5. The van der Waals surface area contributed by atoms with Crippen LogP contribution in [-0.2, 0) is 0 Å². The van der Waals surface area contributed by atoms with Crippen molar-refractivity contribution in [3.63, 3.8) is 0 Å². The first-order chi connectivity index (χ1) is 21.9. The second kappa shape index (κ2) is 9.75. The van der Waals surface area contributed by atoms with Crippen molar-refractivity contribution in [3.8, 4) is 28.7 Å². The number of ether oxygens (including phenoxy) is 1. The van der Waals surface area contributed by atoms with Crippen LogP contribution >= 0.6 is 0 Å². The van der Waals surface area contributed by atoms with Crippen LogP contribution in [0.2, 0.25) is 0 Å². The van der Waals surface area contributed by atoms with Gasteiger partial charge in [0.2, 0.25) is 0 Å². The third-order valence-electron chi connectivity index (χ3n) is 7.62. The summed E-state index contributed by atoms with van der Waals surface area (Å²) in [5, 5.41) is 2.07. The molecule has 200 valence electrons. The number of hydrogen-bond acceptors (Lipinski definition) is 2. The van der Waals surface area contributed by atoms with Gasteiger partial charge in [-0.1, -0.05) is 48.5 Å². The van der Waals surface area contributed by atoms with E-state index < -0.39 is 6.85 Å². The SMILES string of the molecule is [2H]C([2H])([2H])c1ccnc(-n2c3ccccc3c3ccc(Oc4cccc(-n5[cH+]n(-c6ccccc6)c6ccccc65)c4)cc32)c1. The van der Waals surface area contributed by atoms with Crippen LogP contribution in [-0.4, -0.2) is 18.7 Å². The average Bonchev–Trinajstić information content (AvgIpc) is 3.61. The molecule has 8 rings (SSSR count). The van der Waals surface area contributed by atoms with Crippen molar-refractivity contribution in [2.24, 2.45) is 0 Å². The van der Waals surface area contributed by atoms with Gasteiger partial charge in [0.05, 0.1) is 11.0 Å². The Morgan fingerprint density at radius 2 is 1.29 bits per heavy atom. The molecule has 0 aliphatic rings. The van der Waals surface area contributed by atoms with Gasteiger partial charge in [0.25, 0.3) is 0 Å². The largest absolute Gasteiger partial charge is 0.456 e. The summed E-state index contributed by atoms with van der Waals surface area (Å²) in [5.74, 6) is 1.90. The van der Waals surface area contributed by atoms with E-state index in [4.69, 9.17) is 8.85 Å². The minimum absolute atomic E-state index is 0.244. The molecule has 3 aromatic heterocycles. The quantitative estimate of drug-likeness (QED) is 0.202. The van der Waals surface area contributed by atoms with Crippen LogP contribution in [0.15, 0.2) is 146 Å². The maximum absolute atomic E-state index is 7.92. The third kappa shape index (κ3) is 4.02. The first-order valence-corrected chi connectivity index (χ1v) is 13.8. The molecule has 5 aromatic carbocycles. The van der Waals surface area contributed by atoms with Gasteiger partial charge in [-0.25, -0.2) is 4.98 Å². The molecule has 0 saturated carbocycles. The van der Waals surface area contributed by atoms with Crippen molar-refractivity contribution in [2.45, 2.75) is 6.85 Å². The highest BCUT2D eigenvalue weighted by Crippen LogP contribution is 2.35. The Labute approximate surface area is 247 Å². The molecule has 3 heterocycles. The summed E-state index contributed by atoms with van der Waals surface area (Å²) in [4.78, 5) is 4.57. The number of fused-ring (bicyclic) bond motifs is 4. The van der Waals surface area contributed by atoms with E-state index in [1.807, 2.05) is 83.4 Å². The Hall–Kier alpha value is -5.68. The third-order valence-corrected chi connectivity index (χ3v) is 7.62. The summed E-state index contributed by atoms with van der Waals surface area (Å²) in [6, 6.07) is 43.9. The van der Waals surface area contributed by atoms with E-state index in [0.29, 0.717) is 17.3 Å². The predicted molar refractivity (Wildman–Crippen MR) is 170 cm³/mol. The molecule has 0 amide bonds. The zero-order chi connectivity index (χ0) is 30.5. The van der Waals surface area contributed by atoms with Crippen LogP contribution < -0.4 is 4.74 Å². The van der Waals surface area contributed by atoms with E-state index in [0.717, 1.165) is 44.2 Å². The molecular formula is C37H27N4O+. The van der Waals surface area contributed by atoms with Crippen molar-refractivity contribution in [3.05, 3.63) is 152 Å². The van der Waals surface area contributed by atoms with E-state index >= 15 is 0 Å². The topological polar surface area (TPSA) is 36.9 Å². The number of hydrogen-bond donors (Lipinski definition) is 0. The maximum atomic E-state index is 7.92. The molecule has 0 radical (unpaired) electrons. The summed E-state index contributed by atoms with van der Waals surface area (Å²) in [6.45, 7) is -2.23. The van der Waals surface area contributed by atoms with Crippen molar-refractivity contribution in [1.29, 1.82) is 0 Å². The van der Waals surface area contributed by atoms with Gasteiger partial charge in [0.1, 0.15) is 28.7 Å². The lowest BCUT2D eigenvalue weighted by Gasteiger charge is -2.10. The Kier molecular flexibility index (Phi) is 4.90. The summed E-state index contributed by atoms with van der Waals surface area (Å²) >= 11 is 0. The van der Waals surface area contributed by atoms with Crippen LogP contribution in [0.5, 0.6) is 11.5 Å². The minimum Gasteiger partial charge on any atom is -0.456 e. The second-order valence-corrected chi connectivity index (χ2v) is 10.2. The number of pyridine rings is 1. The smallest absolute Gasteiger partial charge is 0.168 e. The van der Waals surface area contributed by atoms with Crippen LogP contribution in [0.4, 0.5) is 0 Å². The van der Waals surface area contributed by atoms with Crippen molar-refractivity contribution >= 4 is 32.8 Å². The van der Waals surface area contributed by atoms with Crippen LogP contribution in [0, 0.1) is 6.85 Å². The zero-order valence-corrected chi connectivity index (χ0v) is 22.6. The maximum Gasteiger partial charge on any atom is 0.168 e. The number of para-hydroxylation sites is 4. The highest BCUT2D eigenvalue weighted by Gasteiger charge is 2.18. The molecule has 5 nitrogen and oxygen atoms in total. The molecule has 0 unspecified atom stereocenters. The monoisotopic (exact) mass is 546 g/mol. The van der Waals surface area contributed by atoms with E-state index in [9.17, 15) is 0 Å². The van der Waals surface area contributed by atoms with Crippen molar-refractivity contribution in [2.75, 3.05) is 0 Å². The Morgan fingerprint density at radius 1 is 0.595 bits per heavy atom. The fourth-order valence-corrected chi connectivity index (χ4v) is 5.75. The first-order valence-electron chi connectivity index (χ1n) is 15.3. The molecule has 0 fully saturated rings. The Morgan fingerprint density at radius 3 is 2.12 bits per heavy atom. The van der Waals surface area contributed by atoms with Gasteiger partial charge < -0.3 is 4.74 Å². The number of imidazole rings is 1. The van der Waals surface area contributed by atoms with E-state index in [2.05, 4.69) is 62.9 Å². The van der Waals surface area contributed by atoms with E-state index in [1.165, 1.54) is 0 Å². The second-order valence-electron chi connectivity index (χ2n) is 10.2. The summed E-state index contributed by atoms with van der Waals surface area (Å²) in [5.41, 5.74) is 6.30. The molecule has 0 aliphatic carbocycles. The highest BCUT2D eigenvalue weighted by molar-refractivity contribution is 6.09. The fraction of sp³-hybridized carbons (Fsp3) is 0.0270. The number of aryl methyl sites for hydroxylation is 1. The average molecular weight is 547 g/mol. The van der Waals surface area contributed by atoms with Crippen molar-refractivity contribution < 1.29 is 8.85 Å². The molecule has 42 heavy (non-hydrogen) atoms. The fourth-order valence-electron chi connectivity index (χ4n) is 5.75. The lowest BCUT2D eigenvalue weighted by Crippen LogP contribution is -1.97. The van der Waals surface area contributed by atoms with Crippen molar-refractivity contribution in [1.82, 2.24) is 18.7 Å². The lowest BCUT2D eigenvalue weighted by molar-refractivity contribution is 0.483. The number of aromatic nitrogens is 4. The molecule has 0 saturated heterocycles. The zero-order valence-electron chi connectivity index (χ0n) is 25.6. The van der Waals surface area contributed by atoms with Gasteiger partial charge in [-0.05, 0) is 73.1 Å². The van der Waals surface area contributed by atoms with E-state index in [-0.39, 0.29) is 5.56 Å². The molecule has 0 bridgehead atoms. The predicted octanol–water partition coefficient (Wildman–Crippen LogP) is 9.30. The number of benzene rings is 5. The molecule has 5 heteroatoms. The van der Waals surface area contributed by atoms with Gasteiger partial charge in [-0.2, -0.15) is 9.13 Å². The van der Waals surface area contributed by atoms with Gasteiger partial charge in [0, 0.05) is 45.3 Å². The normalized spacial score (nSPS) is 12.8. The molecule has 8 aromatic rings. The first kappa shape index (κ1) is 21.1. The molecule has 0 N–H and O–H groups in total. The summed E-state index contributed by atoms with van der Waals surface area (Å²) < 4.78 is 36.6. The molecule has 0 spiro atoms. The summed E-state index contributed by atoms with van der Waals surface area (Å²) in [7, 11) is 0. The summed E-state index contributed by atoms with van der Waals surface area (Å²) in [6.07, 6.45) is 3.65. The van der Waals surface area contributed by atoms with Crippen LogP contribution in [0.25, 0.3) is 50.0 Å². The Balaban J connectivity index is 1.21. The number of nitrogens with zero attached hydrogens (tertiary/aromatic N) is 4. The van der Waals surface area contributed by atoms with Gasteiger partial charge in [-0.15, -0.1) is 0 Å². The molecular weight excluding hydrogens is 516 g/mol. The van der Waals surface area contributed by atoms with Crippen LogP contribution in [0.3, 0.4) is 0 Å². The number of rotatable bonds is 5. The van der Waals surface area contributed by atoms with Gasteiger partial charge in [-0.3, -0.25) is 4.57 Å². The lowest BCUT2D eigenvalue weighted by atomic mass is 10.1. The molecule has 0 atom stereocenters. The van der Waals surface area contributed by atoms with Gasteiger partial charge in [0.15, 0.2) is 17.4 Å². The van der Waals surface area contributed by atoms with E-state index in [1.54, 1.807) is 18.3 Å². The van der Waals surface area contributed by atoms with Gasteiger partial charge >= 0.3 is 0 Å². The standard InChI is InChI=1S/C37H27N4O/c1-26-20-21-38-37(22-26)41-33-15-6-5-14-31(33)32-19-18-30(24-36(32)41)42-29-13-9-12-28(23-29)40-25-39(27-10-3-2-4-11-27)34-16-7-8-17-35(34)40/h2-25H,1H3/q+1/i1D3. The molecule has 0 aliphatic heterocycles. The minimum atomic E-state index is -2.23.